The molecule has 3 unspecified atom stereocenters. The molecule has 0 saturated heterocycles. The summed E-state index contributed by atoms with van der Waals surface area (Å²) in [5, 5.41) is 18.3. The average Bonchev–Trinajstić information content (AvgIpc) is 3.16. The monoisotopic (exact) mass is 774 g/mol. The van der Waals surface area contributed by atoms with Crippen LogP contribution >= 0.6 is 7.82 Å². The number of carbonyl (C=O) groups excluding carboxylic acids is 1. The number of carbonyl (C=O) groups is 1. The molecule has 0 amide bonds. The molecule has 0 spiro atoms. The number of allylic oxidation sites excluding steroid dienone is 17. The Labute approximate surface area is 327 Å². The van der Waals surface area contributed by atoms with Crippen molar-refractivity contribution < 1.29 is 43.0 Å². The van der Waals surface area contributed by atoms with Gasteiger partial charge in [0.1, 0.15) is 12.2 Å². The average molecular weight is 775 g/mol. The molecule has 0 aliphatic heterocycles. The van der Waals surface area contributed by atoms with Crippen molar-refractivity contribution in [3.05, 3.63) is 109 Å². The van der Waals surface area contributed by atoms with Crippen LogP contribution in [0.25, 0.3) is 0 Å². The summed E-state index contributed by atoms with van der Waals surface area (Å²) < 4.78 is 33.1. The zero-order valence-electron chi connectivity index (χ0n) is 33.1. The maximum atomic E-state index is 12.6. The van der Waals surface area contributed by atoms with E-state index in [1.807, 2.05) is 6.08 Å². The van der Waals surface area contributed by atoms with Gasteiger partial charge in [0, 0.05) is 6.42 Å². The van der Waals surface area contributed by atoms with Crippen molar-refractivity contribution in [1.29, 1.82) is 0 Å². The third-order valence-electron chi connectivity index (χ3n) is 7.47. The lowest BCUT2D eigenvalue weighted by Crippen LogP contribution is -2.29. The number of esters is 1. The number of hydrogen-bond donors (Lipinski definition) is 3. The van der Waals surface area contributed by atoms with Crippen LogP contribution < -0.4 is 0 Å². The highest BCUT2D eigenvalue weighted by molar-refractivity contribution is 7.47. The fourth-order valence-electron chi connectivity index (χ4n) is 4.53. The Bertz CT molecular complexity index is 1200. The van der Waals surface area contributed by atoms with E-state index in [1.165, 1.54) is 0 Å². The molecule has 0 rings (SSSR count). The number of rotatable bonds is 36. The second-order valence-corrected chi connectivity index (χ2v) is 14.0. The molecule has 0 bridgehead atoms. The molecule has 0 aliphatic carbocycles. The molecule has 9 nitrogen and oxygen atoms in total. The molecule has 306 valence electrons. The van der Waals surface area contributed by atoms with Crippen LogP contribution in [0.5, 0.6) is 0 Å². The highest BCUT2D eigenvalue weighted by atomic mass is 31.2. The molecule has 0 saturated carbocycles. The molecule has 10 heteroatoms. The first kappa shape index (κ1) is 51.1. The Kier molecular flexibility index (Phi) is 37.7. The first-order valence-electron chi connectivity index (χ1n) is 19.9. The fraction of sp³-hybridized carbons (Fsp3) is 0.568. The van der Waals surface area contributed by atoms with Crippen LogP contribution in [0, 0.1) is 0 Å². The summed E-state index contributed by atoms with van der Waals surface area (Å²) in [5.74, 6) is -0.437. The largest absolute Gasteiger partial charge is 0.472 e. The topological polar surface area (TPSA) is 132 Å². The van der Waals surface area contributed by atoms with Crippen molar-refractivity contribution in [2.45, 2.75) is 129 Å². The minimum Gasteiger partial charge on any atom is -0.457 e. The van der Waals surface area contributed by atoms with E-state index in [0.717, 1.165) is 83.5 Å². The predicted molar refractivity (Wildman–Crippen MR) is 223 cm³/mol. The summed E-state index contributed by atoms with van der Waals surface area (Å²) in [6.45, 7) is 2.98. The number of ether oxygens (including phenoxy) is 2. The van der Waals surface area contributed by atoms with Gasteiger partial charge in [0.05, 0.1) is 33.0 Å². The standard InChI is InChI=1S/C44H71O9P/c1-3-5-7-9-11-13-15-17-19-21-22-24-26-28-30-32-34-36-44(47)53-43(41-52-54(48,49)51-39-42(46)38-45)40-50-37-35-33-31-29-27-25-23-20-18-16-14-12-10-8-6-4-2/h5-8,11-14,17-20,22,24-25,27,31,33,42-43,45-46H,3-4,9-10,15-16,21,23,26,28-30,32,34-41H2,1-2H3,(H,48,49)/b7-5-,8-6-,13-11-,14-12-,19-17-,20-18-,24-22-,27-25-,33-31-. The Morgan fingerprint density at radius 3 is 1.48 bits per heavy atom. The van der Waals surface area contributed by atoms with Crippen LogP contribution in [-0.2, 0) is 27.9 Å². The minimum absolute atomic E-state index is 0.0232. The zero-order valence-corrected chi connectivity index (χ0v) is 34.0. The predicted octanol–water partition coefficient (Wildman–Crippen LogP) is 10.7. The summed E-state index contributed by atoms with van der Waals surface area (Å²) in [6.07, 6.45) is 50.7. The van der Waals surface area contributed by atoms with Gasteiger partial charge in [-0.1, -0.05) is 136 Å². The van der Waals surface area contributed by atoms with Crippen LogP contribution in [0.2, 0.25) is 0 Å². The molecule has 0 aliphatic rings. The van der Waals surface area contributed by atoms with Crippen LogP contribution in [0.15, 0.2) is 109 Å². The SMILES string of the molecule is CC/C=C\C/C=C\C/C=C\C/C=C\C/C=C\CCOCC(COP(=O)(O)OCC(O)CO)OC(=O)CCCCCC/C=C\C/C=C\C/C=C\C/C=C\CC. The Balaban J connectivity index is 4.42. The van der Waals surface area contributed by atoms with Gasteiger partial charge in [-0.25, -0.2) is 4.57 Å². The first-order valence-corrected chi connectivity index (χ1v) is 21.4. The number of phosphoric ester groups is 1. The Morgan fingerprint density at radius 1 is 0.574 bits per heavy atom. The Morgan fingerprint density at radius 2 is 1.00 bits per heavy atom. The van der Waals surface area contributed by atoms with Gasteiger partial charge in [0.25, 0.3) is 0 Å². The van der Waals surface area contributed by atoms with E-state index < -0.39 is 45.8 Å². The van der Waals surface area contributed by atoms with Crippen molar-refractivity contribution in [3.63, 3.8) is 0 Å². The quantitative estimate of drug-likeness (QED) is 0.0246. The van der Waals surface area contributed by atoms with E-state index in [-0.39, 0.29) is 13.0 Å². The van der Waals surface area contributed by atoms with Gasteiger partial charge in [0.2, 0.25) is 0 Å². The van der Waals surface area contributed by atoms with Crippen LogP contribution in [-0.4, -0.2) is 66.3 Å². The summed E-state index contributed by atoms with van der Waals surface area (Å²) in [5.41, 5.74) is 0. The third-order valence-corrected chi connectivity index (χ3v) is 8.42. The van der Waals surface area contributed by atoms with Crippen molar-refractivity contribution >= 4 is 13.8 Å². The second kappa shape index (κ2) is 39.8. The smallest absolute Gasteiger partial charge is 0.457 e. The highest BCUT2D eigenvalue weighted by Gasteiger charge is 2.26. The minimum atomic E-state index is -4.55. The first-order chi connectivity index (χ1) is 26.3. The number of hydrogen-bond acceptors (Lipinski definition) is 8. The number of unbranched alkanes of at least 4 members (excludes halogenated alkanes) is 4. The summed E-state index contributed by atoms with van der Waals surface area (Å²) in [7, 11) is -4.55. The molecular formula is C44H71O9P. The Hall–Kier alpha value is -2.88. The van der Waals surface area contributed by atoms with Gasteiger partial charge in [-0.05, 0) is 83.5 Å². The lowest BCUT2D eigenvalue weighted by atomic mass is 10.1. The summed E-state index contributed by atoms with van der Waals surface area (Å²) in [6, 6.07) is 0. The lowest BCUT2D eigenvalue weighted by molar-refractivity contribution is -0.154. The second-order valence-electron chi connectivity index (χ2n) is 12.5. The van der Waals surface area contributed by atoms with E-state index in [4.69, 9.17) is 23.6 Å². The van der Waals surface area contributed by atoms with Crippen molar-refractivity contribution in [3.8, 4) is 0 Å². The molecule has 0 heterocycles. The maximum Gasteiger partial charge on any atom is 0.472 e. The van der Waals surface area contributed by atoms with Crippen LogP contribution in [0.3, 0.4) is 0 Å². The molecule has 3 N–H and O–H groups in total. The van der Waals surface area contributed by atoms with Crippen LogP contribution in [0.4, 0.5) is 0 Å². The number of phosphoric acid groups is 1. The summed E-state index contributed by atoms with van der Waals surface area (Å²) >= 11 is 0. The van der Waals surface area contributed by atoms with E-state index in [9.17, 15) is 19.4 Å². The van der Waals surface area contributed by atoms with Crippen molar-refractivity contribution in [2.24, 2.45) is 0 Å². The van der Waals surface area contributed by atoms with Gasteiger partial charge < -0.3 is 24.6 Å². The molecular weight excluding hydrogens is 703 g/mol. The van der Waals surface area contributed by atoms with Gasteiger partial charge in [-0.3, -0.25) is 13.8 Å². The highest BCUT2D eigenvalue weighted by Crippen LogP contribution is 2.43. The van der Waals surface area contributed by atoms with Gasteiger partial charge in [-0.2, -0.15) is 0 Å². The number of aliphatic hydroxyl groups excluding tert-OH is 2. The molecule has 0 aromatic rings. The van der Waals surface area contributed by atoms with Crippen molar-refractivity contribution in [1.82, 2.24) is 0 Å². The third kappa shape index (κ3) is 38.8. The molecule has 0 fully saturated rings. The molecule has 0 radical (unpaired) electrons. The van der Waals surface area contributed by atoms with Crippen LogP contribution in [0.1, 0.15) is 117 Å². The lowest BCUT2D eigenvalue weighted by Gasteiger charge is -2.20. The van der Waals surface area contributed by atoms with Gasteiger partial charge in [0.15, 0.2) is 0 Å². The normalized spacial score (nSPS) is 15.3. The molecule has 3 atom stereocenters. The van der Waals surface area contributed by atoms with E-state index >= 15 is 0 Å². The summed E-state index contributed by atoms with van der Waals surface area (Å²) in [4.78, 5) is 22.5. The van der Waals surface area contributed by atoms with E-state index in [0.29, 0.717) is 19.4 Å². The van der Waals surface area contributed by atoms with Gasteiger partial charge in [-0.15, -0.1) is 0 Å². The van der Waals surface area contributed by atoms with E-state index in [2.05, 4.69) is 117 Å². The van der Waals surface area contributed by atoms with E-state index in [1.54, 1.807) is 0 Å². The zero-order chi connectivity index (χ0) is 39.6. The maximum absolute atomic E-state index is 12.6. The number of aliphatic hydroxyl groups is 2. The van der Waals surface area contributed by atoms with Gasteiger partial charge >= 0.3 is 13.8 Å². The molecule has 0 aromatic heterocycles. The molecule has 54 heavy (non-hydrogen) atoms. The fourth-order valence-corrected chi connectivity index (χ4v) is 5.32. The molecule has 0 aromatic carbocycles. The van der Waals surface area contributed by atoms with Crippen molar-refractivity contribution in [2.75, 3.05) is 33.0 Å².